The number of likely N-dealkylation sites (tertiary alicyclic amines) is 1. The quantitative estimate of drug-likeness (QED) is 0.698. The summed E-state index contributed by atoms with van der Waals surface area (Å²) >= 11 is 0. The van der Waals surface area contributed by atoms with E-state index in [0.29, 0.717) is 18.4 Å². The van der Waals surface area contributed by atoms with Crippen molar-refractivity contribution in [3.63, 3.8) is 0 Å². The number of carbonyl (C=O) groups is 1. The molecule has 2 heteroatoms. The van der Waals surface area contributed by atoms with Crippen LogP contribution in [0.3, 0.4) is 0 Å². The van der Waals surface area contributed by atoms with Crippen molar-refractivity contribution < 1.29 is 4.79 Å². The van der Waals surface area contributed by atoms with Crippen LogP contribution in [-0.2, 0) is 11.3 Å². The van der Waals surface area contributed by atoms with Crippen molar-refractivity contribution in [2.24, 2.45) is 5.92 Å². The third-order valence-electron chi connectivity index (χ3n) is 3.21. The molecule has 1 aliphatic heterocycles. The van der Waals surface area contributed by atoms with Gasteiger partial charge in [0.2, 0.25) is 0 Å². The first-order valence-electron chi connectivity index (χ1n) is 5.53. The first-order valence-corrected chi connectivity index (χ1v) is 5.53. The van der Waals surface area contributed by atoms with Crippen LogP contribution in [0.4, 0.5) is 0 Å². The van der Waals surface area contributed by atoms with E-state index in [1.54, 1.807) is 0 Å². The summed E-state index contributed by atoms with van der Waals surface area (Å²) in [5, 5.41) is 0. The van der Waals surface area contributed by atoms with Crippen LogP contribution in [0.25, 0.3) is 0 Å². The number of nitrogens with zero attached hydrogens (tertiary/aromatic N) is 1. The Kier molecular flexibility index (Phi) is 3.17. The Morgan fingerprint density at radius 1 is 1.40 bits per heavy atom. The first kappa shape index (κ1) is 10.4. The highest BCUT2D eigenvalue weighted by atomic mass is 16.1. The van der Waals surface area contributed by atoms with E-state index in [0.717, 1.165) is 19.4 Å². The van der Waals surface area contributed by atoms with Crippen LogP contribution < -0.4 is 0 Å². The molecule has 2 atom stereocenters. The van der Waals surface area contributed by atoms with Crippen LogP contribution in [0.5, 0.6) is 0 Å². The van der Waals surface area contributed by atoms with Gasteiger partial charge in [-0.05, 0) is 11.5 Å². The second-order valence-corrected chi connectivity index (χ2v) is 4.36. The van der Waals surface area contributed by atoms with Gasteiger partial charge in [0.05, 0.1) is 0 Å². The van der Waals surface area contributed by atoms with E-state index in [9.17, 15) is 4.79 Å². The molecule has 1 aliphatic rings. The molecule has 80 valence electrons. The zero-order valence-corrected chi connectivity index (χ0v) is 9.10. The second kappa shape index (κ2) is 4.58. The van der Waals surface area contributed by atoms with Crippen molar-refractivity contribution in [3.8, 4) is 0 Å². The lowest BCUT2D eigenvalue weighted by Crippen LogP contribution is -2.54. The van der Waals surface area contributed by atoms with Gasteiger partial charge < -0.3 is 4.79 Å². The van der Waals surface area contributed by atoms with E-state index in [2.05, 4.69) is 36.1 Å². The maximum atomic E-state index is 10.5. The largest absolute Gasteiger partial charge is 0.303 e. The highest BCUT2D eigenvalue weighted by Crippen LogP contribution is 2.28. The summed E-state index contributed by atoms with van der Waals surface area (Å²) < 4.78 is 0. The van der Waals surface area contributed by atoms with Gasteiger partial charge in [-0.1, -0.05) is 37.3 Å². The third kappa shape index (κ3) is 2.26. The molecule has 0 aliphatic carbocycles. The highest BCUT2D eigenvalue weighted by Gasteiger charge is 2.34. The Morgan fingerprint density at radius 2 is 2.13 bits per heavy atom. The zero-order chi connectivity index (χ0) is 10.7. The molecule has 1 aromatic rings. The summed E-state index contributed by atoms with van der Waals surface area (Å²) in [5.41, 5.74) is 1.33. The van der Waals surface area contributed by atoms with Crippen molar-refractivity contribution in [3.05, 3.63) is 35.9 Å². The molecule has 2 unspecified atom stereocenters. The minimum Gasteiger partial charge on any atom is -0.303 e. The molecular formula is C13H17NO. The van der Waals surface area contributed by atoms with E-state index >= 15 is 0 Å². The lowest BCUT2D eigenvalue weighted by molar-refractivity contribution is -0.111. The summed E-state index contributed by atoms with van der Waals surface area (Å²) in [4.78, 5) is 12.9. The molecule has 1 aromatic carbocycles. The summed E-state index contributed by atoms with van der Waals surface area (Å²) in [5.74, 6) is 0.666. The topological polar surface area (TPSA) is 20.3 Å². The van der Waals surface area contributed by atoms with Crippen LogP contribution in [0.15, 0.2) is 30.3 Å². The van der Waals surface area contributed by atoms with Gasteiger partial charge in [0.15, 0.2) is 0 Å². The molecule has 0 spiro atoms. The predicted octanol–water partition coefficient (Wildman–Crippen LogP) is 2.10. The fraction of sp³-hybridized carbons (Fsp3) is 0.462. The average molecular weight is 203 g/mol. The van der Waals surface area contributed by atoms with Gasteiger partial charge in [-0.25, -0.2) is 0 Å². The normalized spacial score (nSPS) is 25.9. The number of hydrogen-bond donors (Lipinski definition) is 0. The highest BCUT2D eigenvalue weighted by molar-refractivity contribution is 5.51. The third-order valence-corrected chi connectivity index (χ3v) is 3.21. The Bertz CT molecular complexity index is 323. The molecule has 0 amide bonds. The Labute approximate surface area is 90.9 Å². The van der Waals surface area contributed by atoms with Gasteiger partial charge in [-0.2, -0.15) is 0 Å². The van der Waals surface area contributed by atoms with Crippen molar-refractivity contribution in [1.82, 2.24) is 4.90 Å². The van der Waals surface area contributed by atoms with E-state index in [-0.39, 0.29) is 0 Å². The van der Waals surface area contributed by atoms with E-state index in [4.69, 9.17) is 0 Å². The molecule has 1 heterocycles. The number of benzene rings is 1. The van der Waals surface area contributed by atoms with Crippen molar-refractivity contribution in [1.29, 1.82) is 0 Å². The van der Waals surface area contributed by atoms with Gasteiger partial charge in [0.1, 0.15) is 6.29 Å². The molecule has 1 saturated heterocycles. The van der Waals surface area contributed by atoms with Crippen molar-refractivity contribution in [2.75, 3.05) is 6.54 Å². The van der Waals surface area contributed by atoms with Crippen LogP contribution in [-0.4, -0.2) is 23.8 Å². The van der Waals surface area contributed by atoms with Crippen molar-refractivity contribution >= 4 is 6.29 Å². The Morgan fingerprint density at radius 3 is 2.73 bits per heavy atom. The van der Waals surface area contributed by atoms with Crippen LogP contribution in [0.2, 0.25) is 0 Å². The standard InChI is InChI=1S/C13H17NO/c1-11-9-14(13(11)7-8-15)10-12-5-3-2-4-6-12/h2-6,8,11,13H,7,9-10H2,1H3. The fourth-order valence-electron chi connectivity index (χ4n) is 2.33. The summed E-state index contributed by atoms with van der Waals surface area (Å²) in [6, 6.07) is 10.9. The monoisotopic (exact) mass is 203 g/mol. The van der Waals surface area contributed by atoms with E-state index in [1.807, 2.05) is 6.07 Å². The molecule has 0 saturated carbocycles. The molecule has 2 nitrogen and oxygen atoms in total. The summed E-state index contributed by atoms with van der Waals surface area (Å²) in [6.07, 6.45) is 1.71. The number of hydrogen-bond acceptors (Lipinski definition) is 2. The lowest BCUT2D eigenvalue weighted by atomic mass is 9.88. The minimum atomic E-state index is 0.461. The van der Waals surface area contributed by atoms with Gasteiger partial charge in [-0.15, -0.1) is 0 Å². The maximum absolute atomic E-state index is 10.5. The number of carbonyl (C=O) groups excluding carboxylic acids is 1. The molecule has 0 aromatic heterocycles. The fourth-order valence-corrected chi connectivity index (χ4v) is 2.33. The zero-order valence-electron chi connectivity index (χ0n) is 9.10. The van der Waals surface area contributed by atoms with E-state index < -0.39 is 0 Å². The molecular weight excluding hydrogens is 186 g/mol. The van der Waals surface area contributed by atoms with Crippen molar-refractivity contribution in [2.45, 2.75) is 25.9 Å². The number of aldehydes is 1. The smallest absolute Gasteiger partial charge is 0.121 e. The summed E-state index contributed by atoms with van der Waals surface area (Å²) in [6.45, 7) is 4.31. The SMILES string of the molecule is CC1CN(Cc2ccccc2)C1CC=O. The van der Waals surface area contributed by atoms with Gasteiger partial charge in [0, 0.05) is 25.6 Å². The van der Waals surface area contributed by atoms with Crippen LogP contribution >= 0.6 is 0 Å². The molecule has 2 rings (SSSR count). The molecule has 0 N–H and O–H groups in total. The predicted molar refractivity (Wildman–Crippen MR) is 60.5 cm³/mol. The lowest BCUT2D eigenvalue weighted by Gasteiger charge is -2.46. The average Bonchev–Trinajstić information content (AvgIpc) is 2.27. The van der Waals surface area contributed by atoms with E-state index in [1.165, 1.54) is 5.56 Å². The summed E-state index contributed by atoms with van der Waals surface area (Å²) in [7, 11) is 0. The molecule has 1 fully saturated rings. The Hall–Kier alpha value is -1.15. The van der Waals surface area contributed by atoms with Gasteiger partial charge in [-0.3, -0.25) is 4.90 Å². The second-order valence-electron chi connectivity index (χ2n) is 4.36. The van der Waals surface area contributed by atoms with Crippen LogP contribution in [0.1, 0.15) is 18.9 Å². The van der Waals surface area contributed by atoms with Gasteiger partial charge in [0.25, 0.3) is 0 Å². The molecule has 0 bridgehead atoms. The minimum absolute atomic E-state index is 0.461. The van der Waals surface area contributed by atoms with Gasteiger partial charge >= 0.3 is 0 Å². The molecule has 15 heavy (non-hydrogen) atoms. The maximum Gasteiger partial charge on any atom is 0.121 e. The first-order chi connectivity index (χ1) is 7.31. The number of rotatable bonds is 4. The van der Waals surface area contributed by atoms with Crippen LogP contribution in [0, 0.1) is 5.92 Å². The molecule has 0 radical (unpaired) electrons. The Balaban J connectivity index is 1.93.